The van der Waals surface area contributed by atoms with Gasteiger partial charge in [-0.2, -0.15) is 0 Å². The highest BCUT2D eigenvalue weighted by molar-refractivity contribution is 9.10. The van der Waals surface area contributed by atoms with Gasteiger partial charge in [-0.1, -0.05) is 15.9 Å². The zero-order chi connectivity index (χ0) is 17.6. The van der Waals surface area contributed by atoms with Crippen molar-refractivity contribution >= 4 is 22.0 Å². The Morgan fingerprint density at radius 3 is 2.70 bits per heavy atom. The van der Waals surface area contributed by atoms with Crippen LogP contribution in [0.3, 0.4) is 0 Å². The fourth-order valence-corrected chi connectivity index (χ4v) is 2.40. The summed E-state index contributed by atoms with van der Waals surface area (Å²) in [4.78, 5) is 13.4. The van der Waals surface area contributed by atoms with Crippen LogP contribution in [0.15, 0.2) is 22.7 Å². The van der Waals surface area contributed by atoms with Crippen molar-refractivity contribution in [3.63, 3.8) is 0 Å². The number of amides is 1. The summed E-state index contributed by atoms with van der Waals surface area (Å²) in [7, 11) is 1.71. The molecule has 1 rings (SSSR count). The molecule has 1 atom stereocenters. The van der Waals surface area contributed by atoms with Gasteiger partial charge in [-0.25, -0.2) is 9.18 Å². The Labute approximate surface area is 146 Å². The van der Waals surface area contributed by atoms with Crippen molar-refractivity contribution in [1.82, 2.24) is 10.2 Å². The molecule has 0 aliphatic rings. The predicted molar refractivity (Wildman–Crippen MR) is 94.0 cm³/mol. The molecule has 1 unspecified atom stereocenters. The van der Waals surface area contributed by atoms with Crippen LogP contribution in [-0.4, -0.2) is 36.7 Å². The monoisotopic (exact) mass is 388 g/mol. The Kier molecular flexibility index (Phi) is 7.48. The van der Waals surface area contributed by atoms with Gasteiger partial charge in [0.15, 0.2) is 0 Å². The van der Waals surface area contributed by atoms with Crippen LogP contribution in [0, 0.1) is 5.82 Å². The molecule has 0 fully saturated rings. The Morgan fingerprint density at radius 1 is 1.43 bits per heavy atom. The molecule has 0 heterocycles. The summed E-state index contributed by atoms with van der Waals surface area (Å²) in [5, 5.41) is 3.27. The van der Waals surface area contributed by atoms with Gasteiger partial charge in [0.05, 0.1) is 0 Å². The molecule has 6 heteroatoms. The molecular formula is C17H26BrFN2O2. The first-order valence-electron chi connectivity index (χ1n) is 7.72. The van der Waals surface area contributed by atoms with Crippen molar-refractivity contribution in [2.24, 2.45) is 0 Å². The van der Waals surface area contributed by atoms with E-state index in [-0.39, 0.29) is 18.0 Å². The highest BCUT2D eigenvalue weighted by Gasteiger charge is 2.19. The molecule has 0 spiro atoms. The second-order valence-corrected chi connectivity index (χ2v) is 7.51. The Hall–Kier alpha value is -1.14. The second kappa shape index (κ2) is 8.64. The van der Waals surface area contributed by atoms with E-state index in [1.807, 2.05) is 27.7 Å². The molecule has 23 heavy (non-hydrogen) atoms. The third-order valence-electron chi connectivity index (χ3n) is 3.25. The number of benzene rings is 1. The summed E-state index contributed by atoms with van der Waals surface area (Å²) in [6, 6.07) is 4.81. The molecule has 130 valence electrons. The maximum absolute atomic E-state index is 13.8. The van der Waals surface area contributed by atoms with Crippen LogP contribution < -0.4 is 5.32 Å². The van der Waals surface area contributed by atoms with E-state index in [9.17, 15) is 9.18 Å². The molecule has 1 N–H and O–H groups in total. The first-order valence-corrected chi connectivity index (χ1v) is 8.52. The maximum atomic E-state index is 13.8. The van der Waals surface area contributed by atoms with Crippen molar-refractivity contribution < 1.29 is 13.9 Å². The van der Waals surface area contributed by atoms with E-state index in [1.54, 1.807) is 24.1 Å². The van der Waals surface area contributed by atoms with Crippen LogP contribution >= 0.6 is 15.9 Å². The first kappa shape index (κ1) is 19.9. The summed E-state index contributed by atoms with van der Waals surface area (Å²) in [6.45, 7) is 8.70. The lowest BCUT2D eigenvalue weighted by Crippen LogP contribution is -2.35. The van der Waals surface area contributed by atoms with Gasteiger partial charge in [-0.05, 0) is 58.9 Å². The number of nitrogens with one attached hydrogen (secondary N) is 1. The molecule has 0 aliphatic carbocycles. The topological polar surface area (TPSA) is 41.6 Å². The zero-order valence-corrected chi connectivity index (χ0v) is 16.0. The Bertz CT molecular complexity index is 532. The van der Waals surface area contributed by atoms with Gasteiger partial charge >= 0.3 is 6.09 Å². The minimum absolute atomic E-state index is 0.0978. The standard InChI is InChI=1S/C17H26BrFN2O2/c1-12(14-11-13(18)7-8-15(14)19)20-9-6-10-21(5)16(22)23-17(2,3)4/h7-8,11-12,20H,6,9-10H2,1-5H3. The van der Waals surface area contributed by atoms with Gasteiger partial charge in [0.1, 0.15) is 11.4 Å². The number of halogens is 2. The highest BCUT2D eigenvalue weighted by Crippen LogP contribution is 2.21. The predicted octanol–water partition coefficient (Wildman–Crippen LogP) is 4.50. The first-order chi connectivity index (χ1) is 10.6. The van der Waals surface area contributed by atoms with Crippen molar-refractivity contribution in [3.8, 4) is 0 Å². The lowest BCUT2D eigenvalue weighted by Gasteiger charge is -2.24. The fraction of sp³-hybridized carbons (Fsp3) is 0.588. The quantitative estimate of drug-likeness (QED) is 0.729. The average Bonchev–Trinajstić information content (AvgIpc) is 2.43. The molecule has 0 bridgehead atoms. The van der Waals surface area contributed by atoms with E-state index in [4.69, 9.17) is 4.74 Å². The molecule has 1 aromatic rings. The lowest BCUT2D eigenvalue weighted by atomic mass is 10.1. The van der Waals surface area contributed by atoms with Crippen LogP contribution in [0.5, 0.6) is 0 Å². The summed E-state index contributed by atoms with van der Waals surface area (Å²) >= 11 is 3.35. The van der Waals surface area contributed by atoms with Gasteiger partial charge in [-0.3, -0.25) is 0 Å². The van der Waals surface area contributed by atoms with E-state index >= 15 is 0 Å². The van der Waals surface area contributed by atoms with E-state index in [0.717, 1.165) is 10.9 Å². The minimum Gasteiger partial charge on any atom is -0.444 e. The number of ether oxygens (including phenoxy) is 1. The number of hydrogen-bond acceptors (Lipinski definition) is 3. The van der Waals surface area contributed by atoms with Gasteiger partial charge in [0.25, 0.3) is 0 Å². The van der Waals surface area contributed by atoms with Gasteiger partial charge in [0.2, 0.25) is 0 Å². The van der Waals surface area contributed by atoms with Crippen LogP contribution in [0.4, 0.5) is 9.18 Å². The molecule has 0 saturated carbocycles. The average molecular weight is 389 g/mol. The van der Waals surface area contributed by atoms with Crippen LogP contribution in [0.25, 0.3) is 0 Å². The van der Waals surface area contributed by atoms with Crippen LogP contribution in [0.1, 0.15) is 45.7 Å². The molecule has 0 aromatic heterocycles. The molecule has 0 radical (unpaired) electrons. The van der Waals surface area contributed by atoms with Crippen LogP contribution in [-0.2, 0) is 4.74 Å². The van der Waals surface area contributed by atoms with Crippen molar-refractivity contribution in [3.05, 3.63) is 34.1 Å². The number of carbonyl (C=O) groups excluding carboxylic acids is 1. The van der Waals surface area contributed by atoms with Crippen LogP contribution in [0.2, 0.25) is 0 Å². The highest BCUT2D eigenvalue weighted by atomic mass is 79.9. The molecular weight excluding hydrogens is 363 g/mol. The van der Waals surface area contributed by atoms with Crippen molar-refractivity contribution in [1.29, 1.82) is 0 Å². The van der Waals surface area contributed by atoms with Gasteiger partial charge < -0.3 is 15.0 Å². The van der Waals surface area contributed by atoms with E-state index in [2.05, 4.69) is 21.2 Å². The van der Waals surface area contributed by atoms with E-state index in [1.165, 1.54) is 6.07 Å². The summed E-state index contributed by atoms with van der Waals surface area (Å²) in [5.74, 6) is -0.223. The SMILES string of the molecule is CC(NCCCN(C)C(=O)OC(C)(C)C)c1cc(Br)ccc1F. The molecule has 1 aromatic carbocycles. The molecule has 4 nitrogen and oxygen atoms in total. The van der Waals surface area contributed by atoms with E-state index in [0.29, 0.717) is 18.7 Å². The Balaban J connectivity index is 2.37. The normalized spacial score (nSPS) is 12.8. The lowest BCUT2D eigenvalue weighted by molar-refractivity contribution is 0.0297. The summed E-state index contributed by atoms with van der Waals surface area (Å²) in [6.07, 6.45) is 0.430. The fourth-order valence-electron chi connectivity index (χ4n) is 2.02. The maximum Gasteiger partial charge on any atom is 0.410 e. The minimum atomic E-state index is -0.490. The summed E-state index contributed by atoms with van der Waals surface area (Å²) < 4.78 is 19.9. The number of hydrogen-bond donors (Lipinski definition) is 1. The van der Waals surface area contributed by atoms with Crippen molar-refractivity contribution in [2.75, 3.05) is 20.1 Å². The number of nitrogens with zero attached hydrogens (tertiary/aromatic N) is 1. The third kappa shape index (κ3) is 7.31. The number of carbonyl (C=O) groups is 1. The molecule has 0 saturated heterocycles. The van der Waals surface area contributed by atoms with E-state index < -0.39 is 5.60 Å². The smallest absolute Gasteiger partial charge is 0.410 e. The number of rotatable bonds is 6. The summed E-state index contributed by atoms with van der Waals surface area (Å²) in [5.41, 5.74) is 0.135. The van der Waals surface area contributed by atoms with Gasteiger partial charge in [-0.15, -0.1) is 0 Å². The second-order valence-electron chi connectivity index (χ2n) is 6.60. The largest absolute Gasteiger partial charge is 0.444 e. The van der Waals surface area contributed by atoms with Crippen molar-refractivity contribution in [2.45, 2.75) is 45.8 Å². The zero-order valence-electron chi connectivity index (χ0n) is 14.5. The third-order valence-corrected chi connectivity index (χ3v) is 3.74. The molecule has 0 aliphatic heterocycles. The molecule has 1 amide bonds. The van der Waals surface area contributed by atoms with Gasteiger partial charge in [0, 0.05) is 29.7 Å². The Morgan fingerprint density at radius 2 is 2.09 bits per heavy atom.